The number of Topliss-reactive ketones (excluding diaryl/α,β-unsaturated/α-hetero) is 2. The number of ether oxygens (including phenoxy) is 3. The van der Waals surface area contributed by atoms with Crippen LogP contribution in [0.15, 0.2) is 23.0 Å². The number of aliphatic hydroxyl groups is 4. The minimum Gasteiger partial charge on any atom is -0.504 e. The number of rotatable bonds is 9. The highest BCUT2D eigenvalue weighted by atomic mass is 16.7. The quantitative estimate of drug-likeness (QED) is 0.211. The molecule has 2 saturated carbocycles. The third kappa shape index (κ3) is 5.70. The number of allylic oxidation sites excluding steroid dienone is 4. The van der Waals surface area contributed by atoms with E-state index < -0.39 is 48.0 Å². The standard InChI is InChI=1S/C36H54O10/c1-8-21(17(2)3)24(37)15-18(4)25-27(38)28(39)26-22-10-9-19-16-20(11-13-35(19,5)23(22)12-14-36(25,26)6)45-34-31(42)29(40)30(41)32(46-34)33(43)44-7/h10,17-21,23,26,29-32,34,38,40-42H,8-9,11-16H2,1-7H3. The Morgan fingerprint density at radius 2 is 1.76 bits per heavy atom. The minimum absolute atomic E-state index is 0.0300. The van der Waals surface area contributed by atoms with Gasteiger partial charge in [0.15, 0.2) is 18.2 Å². The molecule has 1 aliphatic heterocycles. The highest BCUT2D eigenvalue weighted by molar-refractivity contribution is 6.02. The lowest BCUT2D eigenvalue weighted by molar-refractivity contribution is -0.309. The van der Waals surface area contributed by atoms with Crippen molar-refractivity contribution in [2.45, 2.75) is 130 Å². The lowest BCUT2D eigenvalue weighted by Crippen LogP contribution is -2.61. The zero-order chi connectivity index (χ0) is 33.9. The molecule has 10 heteroatoms. The van der Waals surface area contributed by atoms with E-state index in [4.69, 9.17) is 9.47 Å². The van der Waals surface area contributed by atoms with E-state index in [2.05, 4.69) is 38.5 Å². The molecule has 46 heavy (non-hydrogen) atoms. The van der Waals surface area contributed by atoms with Crippen molar-refractivity contribution in [1.29, 1.82) is 0 Å². The van der Waals surface area contributed by atoms with Gasteiger partial charge in [0.1, 0.15) is 24.1 Å². The average molecular weight is 647 g/mol. The zero-order valence-corrected chi connectivity index (χ0v) is 28.4. The first-order chi connectivity index (χ1) is 21.6. The summed E-state index contributed by atoms with van der Waals surface area (Å²) in [4.78, 5) is 39.2. The molecule has 10 nitrogen and oxygen atoms in total. The third-order valence-electron chi connectivity index (χ3n) is 12.6. The Kier molecular flexibility index (Phi) is 10.0. The van der Waals surface area contributed by atoms with Gasteiger partial charge in [-0.05, 0) is 79.6 Å². The van der Waals surface area contributed by atoms with Crippen LogP contribution in [-0.2, 0) is 28.6 Å². The molecule has 5 aliphatic rings. The smallest absolute Gasteiger partial charge is 0.337 e. The summed E-state index contributed by atoms with van der Waals surface area (Å²) in [6.07, 6.45) is -0.0631. The van der Waals surface area contributed by atoms with Crippen LogP contribution < -0.4 is 0 Å². The number of ketones is 2. The number of carbonyl (C=O) groups is 3. The predicted octanol–water partition coefficient (Wildman–Crippen LogP) is 4.19. The molecule has 0 spiro atoms. The van der Waals surface area contributed by atoms with Gasteiger partial charge in [-0.2, -0.15) is 0 Å². The maximum Gasteiger partial charge on any atom is 0.337 e. The van der Waals surface area contributed by atoms with Gasteiger partial charge in [-0.15, -0.1) is 0 Å². The van der Waals surface area contributed by atoms with Gasteiger partial charge in [0.2, 0.25) is 5.78 Å². The number of aliphatic hydroxyl groups excluding tert-OH is 4. The third-order valence-corrected chi connectivity index (χ3v) is 12.6. The lowest BCUT2D eigenvalue weighted by atomic mass is 9.47. The number of hydrogen-bond donors (Lipinski definition) is 4. The van der Waals surface area contributed by atoms with Crippen LogP contribution in [0.4, 0.5) is 0 Å². The van der Waals surface area contributed by atoms with E-state index in [9.17, 15) is 34.8 Å². The molecule has 1 saturated heterocycles. The molecular weight excluding hydrogens is 592 g/mol. The molecule has 0 bridgehead atoms. The van der Waals surface area contributed by atoms with E-state index >= 15 is 0 Å². The van der Waals surface area contributed by atoms with Gasteiger partial charge < -0.3 is 34.6 Å². The SMILES string of the molecule is CCC(C(=O)CC(C)C1=C(O)C(=O)C2C3=CCC4CC(OC5OC(C(=O)OC)C(O)C(O)C5O)CCC4(C)C3CCC12C)C(C)C. The summed E-state index contributed by atoms with van der Waals surface area (Å²) < 4.78 is 16.4. The fourth-order valence-electron chi connectivity index (χ4n) is 10.1. The molecular formula is C36H54O10. The second kappa shape index (κ2) is 13.1. The van der Waals surface area contributed by atoms with Crippen LogP contribution in [0.25, 0.3) is 0 Å². The summed E-state index contributed by atoms with van der Waals surface area (Å²) in [5.74, 6) is -1.04. The Morgan fingerprint density at radius 1 is 1.07 bits per heavy atom. The molecule has 5 rings (SSSR count). The average Bonchev–Trinajstić information content (AvgIpc) is 3.21. The van der Waals surface area contributed by atoms with Crippen LogP contribution in [-0.4, -0.2) is 81.9 Å². The van der Waals surface area contributed by atoms with Gasteiger partial charge in [-0.25, -0.2) is 4.79 Å². The van der Waals surface area contributed by atoms with Gasteiger partial charge in [0.05, 0.1) is 19.1 Å². The topological polar surface area (TPSA) is 160 Å². The first kappa shape index (κ1) is 35.2. The monoisotopic (exact) mass is 646 g/mol. The summed E-state index contributed by atoms with van der Waals surface area (Å²) >= 11 is 0. The summed E-state index contributed by atoms with van der Waals surface area (Å²) in [6, 6.07) is 0. The van der Waals surface area contributed by atoms with Crippen molar-refractivity contribution in [2.24, 2.45) is 46.3 Å². The molecule has 13 unspecified atom stereocenters. The fourth-order valence-corrected chi connectivity index (χ4v) is 10.1. The Morgan fingerprint density at radius 3 is 2.39 bits per heavy atom. The molecule has 0 aromatic heterocycles. The molecule has 258 valence electrons. The zero-order valence-electron chi connectivity index (χ0n) is 28.4. The molecule has 0 aromatic carbocycles. The van der Waals surface area contributed by atoms with Crippen molar-refractivity contribution in [3.05, 3.63) is 23.0 Å². The summed E-state index contributed by atoms with van der Waals surface area (Å²) in [7, 11) is 1.15. The largest absolute Gasteiger partial charge is 0.504 e. The highest BCUT2D eigenvalue weighted by Crippen LogP contribution is 2.65. The van der Waals surface area contributed by atoms with Crippen LogP contribution in [0.2, 0.25) is 0 Å². The Balaban J connectivity index is 1.31. The molecule has 1 heterocycles. The van der Waals surface area contributed by atoms with Crippen molar-refractivity contribution in [1.82, 2.24) is 0 Å². The van der Waals surface area contributed by atoms with Crippen molar-refractivity contribution < 1.29 is 49.0 Å². The number of esters is 1. The summed E-state index contributed by atoms with van der Waals surface area (Å²) in [5, 5.41) is 42.5. The molecule has 3 fully saturated rings. The fraction of sp³-hybridized carbons (Fsp3) is 0.806. The van der Waals surface area contributed by atoms with Crippen molar-refractivity contribution in [3.63, 3.8) is 0 Å². The first-order valence-electron chi connectivity index (χ1n) is 17.2. The Hall–Kier alpha value is -2.11. The number of carbonyl (C=O) groups excluding carboxylic acids is 3. The number of fused-ring (bicyclic) bond motifs is 5. The highest BCUT2D eigenvalue weighted by Gasteiger charge is 2.61. The van der Waals surface area contributed by atoms with Gasteiger partial charge in [0.25, 0.3) is 0 Å². The van der Waals surface area contributed by atoms with E-state index in [1.165, 1.54) is 0 Å². The summed E-state index contributed by atoms with van der Waals surface area (Å²) in [5.41, 5.74) is 1.24. The van der Waals surface area contributed by atoms with E-state index in [-0.39, 0.29) is 58.4 Å². The molecule has 0 amide bonds. The van der Waals surface area contributed by atoms with Crippen molar-refractivity contribution in [2.75, 3.05) is 7.11 Å². The van der Waals surface area contributed by atoms with Crippen molar-refractivity contribution in [3.8, 4) is 0 Å². The predicted molar refractivity (Wildman–Crippen MR) is 168 cm³/mol. The summed E-state index contributed by atoms with van der Waals surface area (Å²) in [6.45, 7) is 12.5. The molecule has 13 atom stereocenters. The van der Waals surface area contributed by atoms with E-state index in [1.807, 2.05) is 13.8 Å². The van der Waals surface area contributed by atoms with Crippen LogP contribution in [0.5, 0.6) is 0 Å². The Bertz CT molecular complexity index is 1270. The van der Waals surface area contributed by atoms with E-state index in [0.29, 0.717) is 19.3 Å². The second-order valence-electron chi connectivity index (χ2n) is 15.5. The number of hydrogen-bond acceptors (Lipinski definition) is 10. The molecule has 0 aromatic rings. The first-order valence-corrected chi connectivity index (χ1v) is 17.2. The lowest BCUT2D eigenvalue weighted by Gasteiger charge is -2.57. The van der Waals surface area contributed by atoms with Crippen LogP contribution in [0, 0.1) is 46.3 Å². The van der Waals surface area contributed by atoms with E-state index in [0.717, 1.165) is 50.4 Å². The van der Waals surface area contributed by atoms with E-state index in [1.54, 1.807) is 0 Å². The Labute approximate surface area is 272 Å². The van der Waals surface area contributed by atoms with Gasteiger partial charge in [-0.1, -0.05) is 53.2 Å². The van der Waals surface area contributed by atoms with Crippen LogP contribution in [0.1, 0.15) is 92.9 Å². The molecule has 4 aliphatic carbocycles. The maximum absolute atomic E-state index is 13.9. The van der Waals surface area contributed by atoms with Gasteiger partial charge in [0, 0.05) is 17.8 Å². The van der Waals surface area contributed by atoms with Crippen LogP contribution >= 0.6 is 0 Å². The van der Waals surface area contributed by atoms with Gasteiger partial charge >= 0.3 is 5.97 Å². The molecule has 4 N–H and O–H groups in total. The second-order valence-corrected chi connectivity index (χ2v) is 15.5. The maximum atomic E-state index is 13.9. The minimum atomic E-state index is -1.64. The normalized spacial score (nSPS) is 42.1. The molecule has 0 radical (unpaired) electrons. The van der Waals surface area contributed by atoms with Crippen molar-refractivity contribution >= 4 is 17.5 Å². The number of methoxy groups -OCH3 is 1. The van der Waals surface area contributed by atoms with Crippen LogP contribution in [0.3, 0.4) is 0 Å². The van der Waals surface area contributed by atoms with Gasteiger partial charge in [-0.3, -0.25) is 9.59 Å².